The number of halogens is 3. The fraction of sp³-hybridized carbons (Fsp3) is 0.333. The molecule has 11 heteroatoms. The van der Waals surface area contributed by atoms with E-state index in [1.165, 1.54) is 11.9 Å². The van der Waals surface area contributed by atoms with Crippen LogP contribution in [0, 0.1) is 10.1 Å². The van der Waals surface area contributed by atoms with Gasteiger partial charge in [-0.15, -0.1) is 13.2 Å². The van der Waals surface area contributed by atoms with Crippen LogP contribution in [0.1, 0.15) is 17.3 Å². The van der Waals surface area contributed by atoms with Crippen molar-refractivity contribution < 1.29 is 32.4 Å². The molecule has 8 nitrogen and oxygen atoms in total. The Kier molecular flexibility index (Phi) is 4.32. The van der Waals surface area contributed by atoms with Gasteiger partial charge in [-0.25, -0.2) is 4.79 Å². The summed E-state index contributed by atoms with van der Waals surface area (Å²) in [5.74, 6) is -2.46. The lowest BCUT2D eigenvalue weighted by Crippen LogP contribution is -2.23. The van der Waals surface area contributed by atoms with E-state index in [-0.39, 0.29) is 6.61 Å². The number of hydrogen-bond donors (Lipinski definition) is 1. The Balaban J connectivity index is 3.40. The molecule has 0 saturated heterocycles. The molecule has 0 bridgehead atoms. The fourth-order valence-corrected chi connectivity index (χ4v) is 1.25. The van der Waals surface area contributed by atoms with Gasteiger partial charge in [0, 0.05) is 6.07 Å². The Morgan fingerprint density at radius 2 is 2.10 bits per heavy atom. The SMILES string of the molecule is CCOC(=O)c1cc(OC(F)(F)F)[nH]c(=O)c1[N+](=O)[O-]. The van der Waals surface area contributed by atoms with Crippen LogP contribution in [-0.2, 0) is 4.74 Å². The second-order valence-electron chi connectivity index (χ2n) is 3.25. The second-order valence-corrected chi connectivity index (χ2v) is 3.25. The molecule has 1 N–H and O–H groups in total. The number of nitro groups is 1. The Bertz CT molecular complexity index is 594. The number of nitrogens with one attached hydrogen (secondary N) is 1. The number of carbonyl (C=O) groups excluding carboxylic acids is 1. The van der Waals surface area contributed by atoms with E-state index in [0.717, 1.165) is 0 Å². The number of alkyl halides is 3. The van der Waals surface area contributed by atoms with Gasteiger partial charge in [0.25, 0.3) is 0 Å². The first-order chi connectivity index (χ1) is 9.15. The molecule has 0 aromatic carbocycles. The minimum Gasteiger partial charge on any atom is -0.462 e. The summed E-state index contributed by atoms with van der Waals surface area (Å²) in [5.41, 5.74) is -3.67. The van der Waals surface area contributed by atoms with Crippen LogP contribution in [0.4, 0.5) is 18.9 Å². The highest BCUT2D eigenvalue weighted by molar-refractivity contribution is 5.94. The molecule has 0 unspecified atom stereocenters. The molecule has 1 aromatic heterocycles. The van der Waals surface area contributed by atoms with Gasteiger partial charge in [0.05, 0.1) is 11.5 Å². The average molecular weight is 296 g/mol. The van der Waals surface area contributed by atoms with Crippen molar-refractivity contribution in [2.45, 2.75) is 13.3 Å². The van der Waals surface area contributed by atoms with E-state index in [1.54, 1.807) is 0 Å². The zero-order chi connectivity index (χ0) is 15.5. The molecule has 0 radical (unpaired) electrons. The molecule has 0 atom stereocenters. The summed E-state index contributed by atoms with van der Waals surface area (Å²) in [6.07, 6.45) is -5.13. The van der Waals surface area contributed by atoms with Gasteiger partial charge in [0.1, 0.15) is 5.56 Å². The van der Waals surface area contributed by atoms with Crippen LogP contribution in [0.15, 0.2) is 10.9 Å². The number of ether oxygens (including phenoxy) is 2. The van der Waals surface area contributed by atoms with E-state index >= 15 is 0 Å². The summed E-state index contributed by atoms with van der Waals surface area (Å²) in [5, 5.41) is 10.7. The van der Waals surface area contributed by atoms with Crippen LogP contribution in [0.3, 0.4) is 0 Å². The van der Waals surface area contributed by atoms with E-state index < -0.39 is 39.9 Å². The number of aromatic nitrogens is 1. The largest absolute Gasteiger partial charge is 0.574 e. The van der Waals surface area contributed by atoms with Crippen LogP contribution in [0.25, 0.3) is 0 Å². The standard InChI is InChI=1S/C9H7F3N2O6/c1-2-19-8(16)4-3-5(20-9(10,11)12)13-7(15)6(4)14(17)18/h3H,2H2,1H3,(H,13,15). The second kappa shape index (κ2) is 5.59. The number of H-pyrrole nitrogens is 1. The van der Waals surface area contributed by atoms with Crippen molar-refractivity contribution >= 4 is 11.7 Å². The van der Waals surface area contributed by atoms with Crippen LogP contribution < -0.4 is 10.3 Å². The van der Waals surface area contributed by atoms with E-state index in [0.29, 0.717) is 6.07 Å². The van der Waals surface area contributed by atoms with Gasteiger partial charge in [-0.3, -0.25) is 19.9 Å². The molecule has 0 fully saturated rings. The topological polar surface area (TPSA) is 112 Å². The maximum absolute atomic E-state index is 12.0. The Labute approximate surface area is 108 Å². The third kappa shape index (κ3) is 3.70. The molecule has 0 amide bonds. The van der Waals surface area contributed by atoms with Crippen LogP contribution >= 0.6 is 0 Å². The number of esters is 1. The molecule has 1 aromatic rings. The van der Waals surface area contributed by atoms with Gasteiger partial charge >= 0.3 is 23.6 Å². The van der Waals surface area contributed by atoms with Crippen molar-refractivity contribution in [3.05, 3.63) is 32.1 Å². The molecule has 110 valence electrons. The number of rotatable bonds is 4. The number of nitrogens with zero attached hydrogens (tertiary/aromatic N) is 1. The van der Waals surface area contributed by atoms with Crippen molar-refractivity contribution in [2.24, 2.45) is 0 Å². The molecule has 1 rings (SSSR count). The van der Waals surface area contributed by atoms with Gasteiger partial charge in [-0.1, -0.05) is 0 Å². The van der Waals surface area contributed by atoms with Gasteiger partial charge in [0.2, 0.25) is 5.88 Å². The van der Waals surface area contributed by atoms with Gasteiger partial charge in [-0.2, -0.15) is 0 Å². The van der Waals surface area contributed by atoms with E-state index in [2.05, 4.69) is 9.47 Å². The summed E-state index contributed by atoms with van der Waals surface area (Å²) in [6.45, 7) is 1.20. The number of aromatic amines is 1. The highest BCUT2D eigenvalue weighted by atomic mass is 19.4. The van der Waals surface area contributed by atoms with Crippen LogP contribution in [0.2, 0.25) is 0 Å². The Morgan fingerprint density at radius 3 is 2.55 bits per heavy atom. The summed E-state index contributed by atoms with van der Waals surface area (Å²) >= 11 is 0. The minimum atomic E-state index is -5.13. The van der Waals surface area contributed by atoms with E-state index in [9.17, 15) is 32.9 Å². The number of carbonyl (C=O) groups is 1. The summed E-state index contributed by atoms with van der Waals surface area (Å²) < 4.78 is 43.9. The van der Waals surface area contributed by atoms with E-state index in [1.807, 2.05) is 0 Å². The van der Waals surface area contributed by atoms with Gasteiger partial charge in [0.15, 0.2) is 0 Å². The average Bonchev–Trinajstić information content (AvgIpc) is 2.25. The van der Waals surface area contributed by atoms with Crippen LogP contribution in [0.5, 0.6) is 5.88 Å². The molecule has 1 heterocycles. The van der Waals surface area contributed by atoms with Gasteiger partial charge < -0.3 is 9.47 Å². The number of pyridine rings is 1. The maximum Gasteiger partial charge on any atom is 0.574 e. The van der Waals surface area contributed by atoms with Crippen LogP contribution in [-0.4, -0.2) is 28.8 Å². The smallest absolute Gasteiger partial charge is 0.462 e. The predicted octanol–water partition coefficient (Wildman–Crippen LogP) is 1.36. The van der Waals surface area contributed by atoms with Gasteiger partial charge in [-0.05, 0) is 6.92 Å². The molecule has 0 aliphatic heterocycles. The molecule has 0 spiro atoms. The molecule has 0 aliphatic carbocycles. The van der Waals surface area contributed by atoms with Crippen molar-refractivity contribution in [2.75, 3.05) is 6.61 Å². The zero-order valence-corrected chi connectivity index (χ0v) is 9.82. The predicted molar refractivity (Wildman–Crippen MR) is 56.4 cm³/mol. The van der Waals surface area contributed by atoms with E-state index in [4.69, 9.17) is 0 Å². The number of hydrogen-bond acceptors (Lipinski definition) is 6. The summed E-state index contributed by atoms with van der Waals surface area (Å²) in [4.78, 5) is 33.7. The normalized spacial score (nSPS) is 11.0. The first-order valence-electron chi connectivity index (χ1n) is 5.00. The third-order valence-electron chi connectivity index (χ3n) is 1.89. The fourth-order valence-electron chi connectivity index (χ4n) is 1.25. The maximum atomic E-state index is 12.0. The molecular formula is C9H7F3N2O6. The van der Waals surface area contributed by atoms with Crippen molar-refractivity contribution in [3.8, 4) is 5.88 Å². The first-order valence-corrected chi connectivity index (χ1v) is 5.00. The quantitative estimate of drug-likeness (QED) is 0.510. The Hall–Kier alpha value is -2.59. The monoisotopic (exact) mass is 296 g/mol. The minimum absolute atomic E-state index is 0.182. The van der Waals surface area contributed by atoms with Crippen molar-refractivity contribution in [1.29, 1.82) is 0 Å². The third-order valence-corrected chi connectivity index (χ3v) is 1.89. The lowest BCUT2D eigenvalue weighted by atomic mass is 10.2. The lowest BCUT2D eigenvalue weighted by molar-refractivity contribution is -0.386. The highest BCUT2D eigenvalue weighted by Gasteiger charge is 2.34. The Morgan fingerprint density at radius 1 is 1.50 bits per heavy atom. The lowest BCUT2D eigenvalue weighted by Gasteiger charge is -2.09. The summed E-state index contributed by atoms with van der Waals surface area (Å²) in [7, 11) is 0. The van der Waals surface area contributed by atoms with Crippen molar-refractivity contribution in [1.82, 2.24) is 4.98 Å². The first kappa shape index (κ1) is 15.5. The highest BCUT2D eigenvalue weighted by Crippen LogP contribution is 2.24. The molecule has 0 saturated carbocycles. The molecule has 20 heavy (non-hydrogen) atoms. The molecule has 0 aliphatic rings. The zero-order valence-electron chi connectivity index (χ0n) is 9.82. The molecular weight excluding hydrogens is 289 g/mol. The van der Waals surface area contributed by atoms with Crippen molar-refractivity contribution in [3.63, 3.8) is 0 Å². The summed E-state index contributed by atoms with van der Waals surface area (Å²) in [6, 6.07) is 0.380.